The van der Waals surface area contributed by atoms with E-state index in [-0.39, 0.29) is 13.0 Å². The van der Waals surface area contributed by atoms with Gasteiger partial charge in [-0.25, -0.2) is 9.69 Å². The second-order valence-electron chi connectivity index (χ2n) is 9.37. The van der Waals surface area contributed by atoms with Crippen LogP contribution in [0.1, 0.15) is 37.3 Å². The summed E-state index contributed by atoms with van der Waals surface area (Å²) in [6.45, 7) is 2.48. The van der Waals surface area contributed by atoms with Gasteiger partial charge in [-0.1, -0.05) is 98.3 Å². The lowest BCUT2D eigenvalue weighted by atomic mass is 9.92. The zero-order chi connectivity index (χ0) is 26.0. The number of amides is 2. The molecule has 1 heterocycles. The van der Waals surface area contributed by atoms with Gasteiger partial charge in [0.05, 0.1) is 25.0 Å². The molecule has 3 aromatic rings. The zero-order valence-electron chi connectivity index (χ0n) is 21.2. The summed E-state index contributed by atoms with van der Waals surface area (Å²) in [7, 11) is 0. The first-order valence-corrected chi connectivity index (χ1v) is 12.9. The van der Waals surface area contributed by atoms with Crippen molar-refractivity contribution < 1.29 is 23.9 Å². The molecular weight excluding hydrogens is 466 g/mol. The number of rotatable bonds is 11. The molecule has 37 heavy (non-hydrogen) atoms. The third kappa shape index (κ3) is 7.06. The van der Waals surface area contributed by atoms with Gasteiger partial charge in [-0.3, -0.25) is 9.59 Å². The normalized spacial score (nSPS) is 15.8. The fraction of sp³-hybridized carbons (Fsp3) is 0.323. The first kappa shape index (κ1) is 26.1. The molecule has 1 fully saturated rings. The van der Waals surface area contributed by atoms with Gasteiger partial charge in [0.2, 0.25) is 5.91 Å². The predicted molar refractivity (Wildman–Crippen MR) is 142 cm³/mol. The summed E-state index contributed by atoms with van der Waals surface area (Å²) in [5, 5.41) is 0. The van der Waals surface area contributed by atoms with Crippen molar-refractivity contribution in [1.29, 1.82) is 0 Å². The van der Waals surface area contributed by atoms with Gasteiger partial charge in [0.1, 0.15) is 6.61 Å². The lowest BCUT2D eigenvalue weighted by Crippen LogP contribution is -2.44. The topological polar surface area (TPSA) is 72.9 Å². The molecule has 0 radical (unpaired) electrons. The highest BCUT2D eigenvalue weighted by atomic mass is 16.6. The first-order chi connectivity index (χ1) is 18.0. The molecule has 2 atom stereocenters. The molecule has 0 N–H and O–H groups in total. The fourth-order valence-corrected chi connectivity index (χ4v) is 4.55. The molecule has 0 spiro atoms. The Kier molecular flexibility index (Phi) is 9.08. The van der Waals surface area contributed by atoms with E-state index in [4.69, 9.17) is 9.47 Å². The molecule has 0 saturated carbocycles. The monoisotopic (exact) mass is 499 g/mol. The third-order valence-electron chi connectivity index (χ3n) is 6.58. The molecule has 1 saturated heterocycles. The van der Waals surface area contributed by atoms with Crippen LogP contribution in [-0.4, -0.2) is 42.1 Å². The molecule has 3 aromatic carbocycles. The summed E-state index contributed by atoms with van der Waals surface area (Å²) in [6.07, 6.45) is 1.74. The minimum absolute atomic E-state index is 0.0924. The van der Waals surface area contributed by atoms with E-state index in [1.54, 1.807) is 0 Å². The van der Waals surface area contributed by atoms with Crippen molar-refractivity contribution in [1.82, 2.24) is 4.90 Å². The Morgan fingerprint density at radius 3 is 2.24 bits per heavy atom. The predicted octanol–water partition coefficient (Wildman–Crippen LogP) is 5.84. The Balaban J connectivity index is 1.52. The van der Waals surface area contributed by atoms with Crippen molar-refractivity contribution in [2.75, 3.05) is 13.2 Å². The van der Waals surface area contributed by atoms with Crippen molar-refractivity contribution in [2.24, 2.45) is 5.92 Å². The molecular formula is C31H33NO5. The number of ether oxygens (including phenoxy) is 2. The summed E-state index contributed by atoms with van der Waals surface area (Å²) in [5.74, 6) is -1.57. The molecule has 0 aromatic heterocycles. The number of carbonyl (C=O) groups is 3. The van der Waals surface area contributed by atoms with Crippen molar-refractivity contribution in [3.05, 3.63) is 96.1 Å². The Hall–Kier alpha value is -3.93. The number of benzene rings is 3. The standard InChI is InChI=1S/C31H33NO5/c1-2-3-18-36-29(33)21-27(19-24-14-16-26(17-15-24)25-12-8-5-9-13-25)30(34)32-28(22-37-31(32)35)20-23-10-6-4-7-11-23/h4-17,27-28H,2-3,18-22H2,1H3/t27-,28+/m0/s1. The van der Waals surface area contributed by atoms with Gasteiger partial charge < -0.3 is 9.47 Å². The van der Waals surface area contributed by atoms with Crippen molar-refractivity contribution in [2.45, 2.75) is 45.1 Å². The molecule has 6 nitrogen and oxygen atoms in total. The van der Waals surface area contributed by atoms with Gasteiger partial charge >= 0.3 is 12.1 Å². The average Bonchev–Trinajstić information content (AvgIpc) is 3.29. The smallest absolute Gasteiger partial charge is 0.416 e. The van der Waals surface area contributed by atoms with Gasteiger partial charge in [0.25, 0.3) is 0 Å². The number of nitrogens with zero attached hydrogens (tertiary/aromatic N) is 1. The highest BCUT2D eigenvalue weighted by Crippen LogP contribution is 2.25. The Morgan fingerprint density at radius 1 is 0.919 bits per heavy atom. The molecule has 1 aliphatic rings. The molecule has 2 amide bonds. The number of unbranched alkanes of at least 4 members (excludes halogenated alkanes) is 1. The molecule has 0 aliphatic carbocycles. The van der Waals surface area contributed by atoms with Crippen LogP contribution >= 0.6 is 0 Å². The van der Waals surface area contributed by atoms with Crippen LogP contribution < -0.4 is 0 Å². The summed E-state index contributed by atoms with van der Waals surface area (Å²) >= 11 is 0. The van der Waals surface area contributed by atoms with Crippen LogP contribution in [0.3, 0.4) is 0 Å². The number of hydrogen-bond acceptors (Lipinski definition) is 5. The fourth-order valence-electron chi connectivity index (χ4n) is 4.55. The van der Waals surface area contributed by atoms with E-state index >= 15 is 0 Å². The number of hydrogen-bond donors (Lipinski definition) is 0. The van der Waals surface area contributed by atoms with Crippen molar-refractivity contribution in [3.8, 4) is 11.1 Å². The first-order valence-electron chi connectivity index (χ1n) is 12.9. The Morgan fingerprint density at radius 2 is 1.57 bits per heavy atom. The van der Waals surface area contributed by atoms with E-state index in [1.165, 1.54) is 4.90 Å². The Bertz CT molecular complexity index is 1180. The summed E-state index contributed by atoms with van der Waals surface area (Å²) in [5.41, 5.74) is 4.09. The van der Waals surface area contributed by atoms with Gasteiger partial charge in [-0.15, -0.1) is 0 Å². The number of imide groups is 1. The number of esters is 1. The summed E-state index contributed by atoms with van der Waals surface area (Å²) in [4.78, 5) is 40.2. The summed E-state index contributed by atoms with van der Waals surface area (Å²) < 4.78 is 10.6. The van der Waals surface area contributed by atoms with Crippen LogP contribution in [0, 0.1) is 5.92 Å². The SMILES string of the molecule is CCCCOC(=O)C[C@H](Cc1ccc(-c2ccccc2)cc1)C(=O)N1C(=O)OC[C@H]1Cc1ccccc1. The highest BCUT2D eigenvalue weighted by Gasteiger charge is 2.41. The van der Waals surface area contributed by atoms with Crippen LogP contribution in [0.2, 0.25) is 0 Å². The third-order valence-corrected chi connectivity index (χ3v) is 6.58. The second kappa shape index (κ2) is 12.9. The molecule has 0 bridgehead atoms. The minimum Gasteiger partial charge on any atom is -0.466 e. The number of cyclic esters (lactones) is 1. The van der Waals surface area contributed by atoms with Gasteiger partial charge in [-0.2, -0.15) is 0 Å². The lowest BCUT2D eigenvalue weighted by Gasteiger charge is -2.25. The maximum atomic E-state index is 13.7. The summed E-state index contributed by atoms with van der Waals surface area (Å²) in [6, 6.07) is 27.3. The van der Waals surface area contributed by atoms with E-state index in [0.717, 1.165) is 35.1 Å². The van der Waals surface area contributed by atoms with Gasteiger partial charge in [0.15, 0.2) is 0 Å². The largest absolute Gasteiger partial charge is 0.466 e. The maximum absolute atomic E-state index is 13.7. The molecule has 4 rings (SSSR count). The highest BCUT2D eigenvalue weighted by molar-refractivity contribution is 5.96. The van der Waals surface area contributed by atoms with E-state index in [1.807, 2.05) is 91.9 Å². The average molecular weight is 500 g/mol. The van der Waals surface area contributed by atoms with Crippen LogP contribution in [-0.2, 0) is 31.9 Å². The van der Waals surface area contributed by atoms with Gasteiger partial charge in [-0.05, 0) is 41.5 Å². The molecule has 6 heteroatoms. The maximum Gasteiger partial charge on any atom is 0.416 e. The Labute approximate surface area is 218 Å². The van der Waals surface area contributed by atoms with Crippen LogP contribution in [0.15, 0.2) is 84.9 Å². The quantitative estimate of drug-likeness (QED) is 0.245. The lowest BCUT2D eigenvalue weighted by molar-refractivity contribution is -0.148. The van der Waals surface area contributed by atoms with E-state index in [2.05, 4.69) is 0 Å². The van der Waals surface area contributed by atoms with Gasteiger partial charge in [0, 0.05) is 0 Å². The number of carbonyl (C=O) groups excluding carboxylic acids is 3. The van der Waals surface area contributed by atoms with E-state index in [9.17, 15) is 14.4 Å². The molecule has 192 valence electrons. The van der Waals surface area contributed by atoms with Crippen molar-refractivity contribution in [3.63, 3.8) is 0 Å². The van der Waals surface area contributed by atoms with Crippen LogP contribution in [0.4, 0.5) is 4.79 Å². The van der Waals surface area contributed by atoms with E-state index in [0.29, 0.717) is 19.4 Å². The second-order valence-corrected chi connectivity index (χ2v) is 9.37. The minimum atomic E-state index is -0.736. The van der Waals surface area contributed by atoms with E-state index < -0.39 is 29.9 Å². The molecule has 1 aliphatic heterocycles. The van der Waals surface area contributed by atoms with Crippen molar-refractivity contribution >= 4 is 18.0 Å². The van der Waals surface area contributed by atoms with Crippen LogP contribution in [0.5, 0.6) is 0 Å². The zero-order valence-corrected chi connectivity index (χ0v) is 21.2. The molecule has 0 unspecified atom stereocenters. The van der Waals surface area contributed by atoms with Crippen LogP contribution in [0.25, 0.3) is 11.1 Å².